The van der Waals surface area contributed by atoms with Gasteiger partial charge in [-0.05, 0) is 26.0 Å². The molecular formula is C15H19N3O. The van der Waals surface area contributed by atoms with E-state index in [0.29, 0.717) is 19.6 Å². The highest BCUT2D eigenvalue weighted by atomic mass is 16.2. The molecule has 2 rings (SSSR count). The van der Waals surface area contributed by atoms with E-state index in [1.807, 2.05) is 42.7 Å². The topological polar surface area (TPSA) is 38.1 Å². The van der Waals surface area contributed by atoms with Gasteiger partial charge in [0, 0.05) is 13.1 Å². The van der Waals surface area contributed by atoms with Crippen LogP contribution in [0.1, 0.15) is 13.8 Å². The molecule has 1 heterocycles. The Morgan fingerprint density at radius 2 is 2.16 bits per heavy atom. The molecule has 0 atom stereocenters. The molecule has 0 saturated carbocycles. The van der Waals surface area contributed by atoms with Gasteiger partial charge in [0.15, 0.2) is 0 Å². The van der Waals surface area contributed by atoms with Gasteiger partial charge in [-0.3, -0.25) is 4.79 Å². The predicted molar refractivity (Wildman–Crippen MR) is 76.8 cm³/mol. The maximum Gasteiger partial charge on any atom is 0.242 e. The molecule has 0 bridgehead atoms. The number of fused-ring (bicyclic) bond motifs is 1. The molecule has 0 aliphatic carbocycles. The van der Waals surface area contributed by atoms with Crippen molar-refractivity contribution in [3.05, 3.63) is 42.7 Å². The lowest BCUT2D eigenvalue weighted by atomic mass is 10.3. The Morgan fingerprint density at radius 3 is 2.84 bits per heavy atom. The Balaban J connectivity index is 2.16. The second kappa shape index (κ2) is 5.69. The van der Waals surface area contributed by atoms with E-state index in [1.165, 1.54) is 0 Å². The third kappa shape index (κ3) is 3.02. The zero-order chi connectivity index (χ0) is 13.8. The second-order valence-corrected chi connectivity index (χ2v) is 4.73. The SMILES string of the molecule is C=C(C)CN(CC)C(=O)Cn1cnc2ccccc21. The van der Waals surface area contributed by atoms with Crippen molar-refractivity contribution < 1.29 is 4.79 Å². The molecule has 1 amide bonds. The summed E-state index contributed by atoms with van der Waals surface area (Å²) < 4.78 is 1.89. The Hall–Kier alpha value is -2.10. The van der Waals surface area contributed by atoms with E-state index in [4.69, 9.17) is 0 Å². The number of hydrogen-bond donors (Lipinski definition) is 0. The van der Waals surface area contributed by atoms with Gasteiger partial charge in [-0.15, -0.1) is 0 Å². The first kappa shape index (κ1) is 13.3. The van der Waals surface area contributed by atoms with Gasteiger partial charge in [-0.25, -0.2) is 4.98 Å². The first-order valence-electron chi connectivity index (χ1n) is 6.44. The Bertz CT molecular complexity index is 600. The lowest BCUT2D eigenvalue weighted by Crippen LogP contribution is -2.34. The summed E-state index contributed by atoms with van der Waals surface area (Å²) in [5.41, 5.74) is 2.89. The summed E-state index contributed by atoms with van der Waals surface area (Å²) in [5, 5.41) is 0. The summed E-state index contributed by atoms with van der Waals surface area (Å²) in [5.74, 6) is 0.0913. The lowest BCUT2D eigenvalue weighted by molar-refractivity contribution is -0.131. The minimum absolute atomic E-state index is 0.0913. The van der Waals surface area contributed by atoms with Crippen molar-refractivity contribution in [3.63, 3.8) is 0 Å². The van der Waals surface area contributed by atoms with Gasteiger partial charge in [-0.2, -0.15) is 0 Å². The molecule has 2 aromatic rings. The van der Waals surface area contributed by atoms with Crippen LogP contribution in [0, 0.1) is 0 Å². The number of amides is 1. The fourth-order valence-electron chi connectivity index (χ4n) is 2.08. The molecule has 0 radical (unpaired) electrons. The highest BCUT2D eigenvalue weighted by molar-refractivity contribution is 5.80. The molecule has 1 aromatic carbocycles. The van der Waals surface area contributed by atoms with Crippen LogP contribution in [0.5, 0.6) is 0 Å². The number of nitrogens with zero attached hydrogens (tertiary/aromatic N) is 3. The van der Waals surface area contributed by atoms with Crippen LogP contribution in [0.2, 0.25) is 0 Å². The van der Waals surface area contributed by atoms with E-state index in [1.54, 1.807) is 11.2 Å². The van der Waals surface area contributed by atoms with E-state index in [0.717, 1.165) is 16.6 Å². The van der Waals surface area contributed by atoms with Crippen molar-refractivity contribution in [3.8, 4) is 0 Å². The summed E-state index contributed by atoms with van der Waals surface area (Å²) in [6, 6.07) is 7.82. The molecule has 0 aliphatic rings. The number of carbonyl (C=O) groups is 1. The van der Waals surface area contributed by atoms with Crippen molar-refractivity contribution >= 4 is 16.9 Å². The largest absolute Gasteiger partial charge is 0.337 e. The minimum Gasteiger partial charge on any atom is -0.337 e. The molecule has 0 saturated heterocycles. The van der Waals surface area contributed by atoms with Crippen LogP contribution in [-0.4, -0.2) is 33.4 Å². The van der Waals surface area contributed by atoms with Crippen molar-refractivity contribution in [1.29, 1.82) is 0 Å². The van der Waals surface area contributed by atoms with Gasteiger partial charge in [0.05, 0.1) is 17.4 Å². The lowest BCUT2D eigenvalue weighted by Gasteiger charge is -2.21. The number of aromatic nitrogens is 2. The molecule has 1 aromatic heterocycles. The Morgan fingerprint density at radius 1 is 1.42 bits per heavy atom. The molecule has 100 valence electrons. The number of para-hydroxylation sites is 2. The third-order valence-corrected chi connectivity index (χ3v) is 3.03. The van der Waals surface area contributed by atoms with Gasteiger partial charge in [0.25, 0.3) is 0 Å². The van der Waals surface area contributed by atoms with Gasteiger partial charge >= 0.3 is 0 Å². The standard InChI is InChI=1S/C15H19N3O/c1-4-17(9-12(2)3)15(19)10-18-11-16-13-7-5-6-8-14(13)18/h5-8,11H,2,4,9-10H2,1,3H3. The number of hydrogen-bond acceptors (Lipinski definition) is 2. The van der Waals surface area contributed by atoms with E-state index < -0.39 is 0 Å². The second-order valence-electron chi connectivity index (χ2n) is 4.73. The summed E-state index contributed by atoms with van der Waals surface area (Å²) in [6.07, 6.45) is 1.72. The minimum atomic E-state index is 0.0913. The average molecular weight is 257 g/mol. The number of rotatable bonds is 5. The molecule has 4 heteroatoms. The molecule has 4 nitrogen and oxygen atoms in total. The van der Waals surface area contributed by atoms with Gasteiger partial charge in [0.2, 0.25) is 5.91 Å². The molecule has 0 unspecified atom stereocenters. The van der Waals surface area contributed by atoms with Crippen molar-refractivity contribution in [2.45, 2.75) is 20.4 Å². The number of benzene rings is 1. The summed E-state index contributed by atoms with van der Waals surface area (Å²) >= 11 is 0. The van der Waals surface area contributed by atoms with Gasteiger partial charge in [0.1, 0.15) is 6.54 Å². The molecule has 19 heavy (non-hydrogen) atoms. The summed E-state index contributed by atoms with van der Waals surface area (Å²) in [6.45, 7) is 9.40. The first-order valence-corrected chi connectivity index (χ1v) is 6.44. The van der Waals surface area contributed by atoms with Gasteiger partial charge < -0.3 is 9.47 Å². The van der Waals surface area contributed by atoms with Crippen LogP contribution in [0.3, 0.4) is 0 Å². The Kier molecular flexibility index (Phi) is 4.00. The average Bonchev–Trinajstić information content (AvgIpc) is 2.79. The zero-order valence-electron chi connectivity index (χ0n) is 11.5. The molecule has 0 N–H and O–H groups in total. The molecular weight excluding hydrogens is 238 g/mol. The highest BCUT2D eigenvalue weighted by Gasteiger charge is 2.13. The van der Waals surface area contributed by atoms with Crippen LogP contribution in [0.15, 0.2) is 42.7 Å². The Labute approximate surface area is 113 Å². The number of imidazole rings is 1. The van der Waals surface area contributed by atoms with Crippen molar-refractivity contribution in [2.75, 3.05) is 13.1 Å². The van der Waals surface area contributed by atoms with Crippen molar-refractivity contribution in [2.24, 2.45) is 0 Å². The monoisotopic (exact) mass is 257 g/mol. The predicted octanol–water partition coefficient (Wildman–Crippen LogP) is 2.46. The quantitative estimate of drug-likeness (QED) is 0.772. The van der Waals surface area contributed by atoms with Crippen LogP contribution in [0.4, 0.5) is 0 Å². The van der Waals surface area contributed by atoms with Crippen LogP contribution in [-0.2, 0) is 11.3 Å². The van der Waals surface area contributed by atoms with Crippen LogP contribution < -0.4 is 0 Å². The normalized spacial score (nSPS) is 10.6. The smallest absolute Gasteiger partial charge is 0.242 e. The summed E-state index contributed by atoms with van der Waals surface area (Å²) in [4.78, 5) is 18.4. The highest BCUT2D eigenvalue weighted by Crippen LogP contribution is 2.12. The van der Waals surface area contributed by atoms with Gasteiger partial charge in [-0.1, -0.05) is 24.3 Å². The van der Waals surface area contributed by atoms with E-state index in [-0.39, 0.29) is 5.91 Å². The van der Waals surface area contributed by atoms with E-state index in [2.05, 4.69) is 11.6 Å². The molecule has 0 aliphatic heterocycles. The maximum atomic E-state index is 12.3. The summed E-state index contributed by atoms with van der Waals surface area (Å²) in [7, 11) is 0. The molecule has 0 spiro atoms. The zero-order valence-corrected chi connectivity index (χ0v) is 11.5. The van der Waals surface area contributed by atoms with Crippen LogP contribution in [0.25, 0.3) is 11.0 Å². The number of carbonyl (C=O) groups excluding carboxylic acids is 1. The van der Waals surface area contributed by atoms with E-state index >= 15 is 0 Å². The van der Waals surface area contributed by atoms with Crippen molar-refractivity contribution in [1.82, 2.24) is 14.5 Å². The molecule has 0 fully saturated rings. The fraction of sp³-hybridized carbons (Fsp3) is 0.333. The van der Waals surface area contributed by atoms with E-state index in [9.17, 15) is 4.79 Å². The third-order valence-electron chi connectivity index (χ3n) is 3.03. The maximum absolute atomic E-state index is 12.3. The first-order chi connectivity index (χ1) is 9.11. The number of likely N-dealkylation sites (N-methyl/N-ethyl adjacent to an activating group) is 1. The van der Waals surface area contributed by atoms with Crippen LogP contribution >= 0.6 is 0 Å². The fourth-order valence-corrected chi connectivity index (χ4v) is 2.08.